The number of ether oxygens (including phenoxy) is 1. The van der Waals surface area contributed by atoms with Gasteiger partial charge in [-0.1, -0.05) is 60.7 Å². The van der Waals surface area contributed by atoms with Crippen LogP contribution in [0.2, 0.25) is 0 Å². The molecular weight excluding hydrogens is 408 g/mol. The number of hydrogen-bond acceptors (Lipinski definition) is 5. The lowest BCUT2D eigenvalue weighted by molar-refractivity contribution is 0.253. The fourth-order valence-electron chi connectivity index (χ4n) is 2.43. The van der Waals surface area contributed by atoms with Crippen molar-refractivity contribution in [3.05, 3.63) is 96.1 Å². The van der Waals surface area contributed by atoms with Crippen molar-refractivity contribution in [2.45, 2.75) is 17.3 Å². The largest absolute Gasteiger partial charge is 0.726 e. The van der Waals surface area contributed by atoms with Crippen LogP contribution in [0.25, 0.3) is 0 Å². The third-order valence-corrected chi connectivity index (χ3v) is 6.15. The predicted octanol–water partition coefficient (Wildman–Crippen LogP) is 4.17. The molecule has 0 N–H and O–H groups in total. The lowest BCUT2D eigenvalue weighted by atomic mass is 10.2. The Balaban J connectivity index is 0.000000221. The minimum atomic E-state index is -4.57. The summed E-state index contributed by atoms with van der Waals surface area (Å²) in [6, 6.07) is 27.6. The second-order valence-electron chi connectivity index (χ2n) is 6.10. The molecule has 0 radical (unpaired) electrons. The molecule has 1 unspecified atom stereocenters. The van der Waals surface area contributed by atoms with Crippen LogP contribution in [-0.4, -0.2) is 26.3 Å². The second-order valence-corrected chi connectivity index (χ2v) is 9.19. The maximum Gasteiger partial charge on any atom is 0.217 e. The molecule has 154 valence electrons. The van der Waals surface area contributed by atoms with Gasteiger partial charge < -0.3 is 9.29 Å². The summed E-state index contributed by atoms with van der Waals surface area (Å²) in [6.07, 6.45) is 2.29. The average molecular weight is 433 g/mol. The van der Waals surface area contributed by atoms with Crippen LogP contribution in [0.1, 0.15) is 11.1 Å². The molecular formula is C22H24O5S2. The van der Waals surface area contributed by atoms with E-state index < -0.39 is 10.4 Å². The van der Waals surface area contributed by atoms with E-state index in [1.54, 1.807) is 37.4 Å². The number of rotatable bonds is 7. The minimum Gasteiger partial charge on any atom is -0.726 e. The highest BCUT2D eigenvalue weighted by Crippen LogP contribution is 2.19. The van der Waals surface area contributed by atoms with Gasteiger partial charge in [0.1, 0.15) is 17.8 Å². The van der Waals surface area contributed by atoms with Gasteiger partial charge in [-0.15, -0.1) is 0 Å². The fraction of sp³-hybridized carbons (Fsp3) is 0.182. The normalized spacial score (nSPS) is 11.8. The second kappa shape index (κ2) is 11.6. The van der Waals surface area contributed by atoms with E-state index >= 15 is 0 Å². The van der Waals surface area contributed by atoms with E-state index in [1.807, 2.05) is 12.1 Å². The summed E-state index contributed by atoms with van der Waals surface area (Å²) in [4.78, 5) is 1.38. The van der Waals surface area contributed by atoms with Crippen molar-refractivity contribution in [1.29, 1.82) is 0 Å². The molecule has 0 aliphatic heterocycles. The number of methoxy groups -OCH3 is 1. The Morgan fingerprint density at radius 1 is 0.828 bits per heavy atom. The molecule has 0 aliphatic rings. The van der Waals surface area contributed by atoms with Crippen LogP contribution >= 0.6 is 0 Å². The third-order valence-electron chi connectivity index (χ3n) is 3.90. The van der Waals surface area contributed by atoms with E-state index in [2.05, 4.69) is 52.9 Å². The first-order valence-electron chi connectivity index (χ1n) is 8.82. The van der Waals surface area contributed by atoms with Crippen LogP contribution in [-0.2, 0) is 37.8 Å². The molecule has 1 atom stereocenters. The Labute approximate surface area is 175 Å². The van der Waals surface area contributed by atoms with Crippen molar-refractivity contribution in [1.82, 2.24) is 0 Å². The SMILES string of the molecule is COc1ccc([S+](C)Cc2ccccc2)cc1.O=S(=O)([O-])OCc1ccccc1. The monoisotopic (exact) mass is 432 g/mol. The molecule has 3 aromatic rings. The highest BCUT2D eigenvalue weighted by Gasteiger charge is 2.15. The Bertz CT molecular complexity index is 944. The van der Waals surface area contributed by atoms with Crippen LogP contribution in [0.5, 0.6) is 5.75 Å². The first kappa shape index (κ1) is 23.0. The van der Waals surface area contributed by atoms with Crippen molar-refractivity contribution in [2.75, 3.05) is 13.4 Å². The van der Waals surface area contributed by atoms with E-state index in [1.165, 1.54) is 10.5 Å². The Hall–Kier alpha value is -2.32. The molecule has 3 rings (SSSR count). The molecule has 29 heavy (non-hydrogen) atoms. The predicted molar refractivity (Wildman–Crippen MR) is 116 cm³/mol. The molecule has 5 nitrogen and oxygen atoms in total. The zero-order valence-electron chi connectivity index (χ0n) is 16.4. The molecule has 0 spiro atoms. The quantitative estimate of drug-likeness (QED) is 0.318. The summed E-state index contributed by atoms with van der Waals surface area (Å²) in [5, 5.41) is 0. The summed E-state index contributed by atoms with van der Waals surface area (Å²) < 4.78 is 39.3. The standard InChI is InChI=1S/C15H17OS.C7H8O4S/c1-16-14-8-10-15(11-9-14)17(2)12-13-6-4-3-5-7-13;8-12(9,10)11-6-7-4-2-1-3-5-7/h3-11H,12H2,1-2H3;1-5H,6H2,(H,8,9,10)/q+1;/p-1. The van der Waals surface area contributed by atoms with E-state index in [0.717, 1.165) is 11.5 Å². The third kappa shape index (κ3) is 9.15. The van der Waals surface area contributed by atoms with Crippen molar-refractivity contribution < 1.29 is 21.9 Å². The van der Waals surface area contributed by atoms with Crippen LogP contribution in [0.4, 0.5) is 0 Å². The Morgan fingerprint density at radius 3 is 1.83 bits per heavy atom. The summed E-state index contributed by atoms with van der Waals surface area (Å²) in [5.74, 6) is 2.03. The van der Waals surface area contributed by atoms with Crippen LogP contribution in [0.3, 0.4) is 0 Å². The zero-order valence-corrected chi connectivity index (χ0v) is 18.0. The van der Waals surface area contributed by atoms with E-state index in [9.17, 15) is 13.0 Å². The topological polar surface area (TPSA) is 75.7 Å². The maximum atomic E-state index is 10.0. The molecule has 0 aliphatic carbocycles. The van der Waals surface area contributed by atoms with Crippen molar-refractivity contribution in [3.8, 4) is 5.75 Å². The average Bonchev–Trinajstić information content (AvgIpc) is 2.74. The van der Waals surface area contributed by atoms with Gasteiger partial charge in [-0.25, -0.2) is 8.42 Å². The van der Waals surface area contributed by atoms with Crippen LogP contribution in [0, 0.1) is 0 Å². The lowest BCUT2D eigenvalue weighted by Crippen LogP contribution is -2.03. The van der Waals surface area contributed by atoms with Crippen LogP contribution in [0.15, 0.2) is 89.8 Å². The fourth-order valence-corrected chi connectivity index (χ4v) is 4.17. The maximum absolute atomic E-state index is 10.0. The van der Waals surface area contributed by atoms with Gasteiger partial charge in [0, 0.05) is 16.5 Å². The van der Waals surface area contributed by atoms with Crippen LogP contribution < -0.4 is 4.74 Å². The van der Waals surface area contributed by atoms with Crippen molar-refractivity contribution >= 4 is 21.3 Å². The molecule has 0 bridgehead atoms. The van der Waals surface area contributed by atoms with Gasteiger partial charge in [0.15, 0.2) is 4.90 Å². The first-order chi connectivity index (χ1) is 13.9. The Kier molecular flexibility index (Phi) is 9.21. The van der Waals surface area contributed by atoms with Crippen molar-refractivity contribution in [2.24, 2.45) is 0 Å². The van der Waals surface area contributed by atoms with Crippen molar-refractivity contribution in [3.63, 3.8) is 0 Å². The molecule has 0 saturated carbocycles. The summed E-state index contributed by atoms with van der Waals surface area (Å²) in [7, 11) is -2.62. The molecule has 0 heterocycles. The van der Waals surface area contributed by atoms with Gasteiger partial charge in [0.05, 0.1) is 13.7 Å². The van der Waals surface area contributed by atoms with E-state index in [0.29, 0.717) is 5.56 Å². The first-order valence-corrected chi connectivity index (χ1v) is 12.0. The highest BCUT2D eigenvalue weighted by molar-refractivity contribution is 7.95. The van der Waals surface area contributed by atoms with Gasteiger partial charge in [0.25, 0.3) is 0 Å². The summed E-state index contributed by atoms with van der Waals surface area (Å²) >= 11 is 0. The van der Waals surface area contributed by atoms with Gasteiger partial charge >= 0.3 is 0 Å². The highest BCUT2D eigenvalue weighted by atomic mass is 32.3. The summed E-state index contributed by atoms with van der Waals surface area (Å²) in [6.45, 7) is -0.202. The van der Waals surface area contributed by atoms with E-state index in [-0.39, 0.29) is 17.5 Å². The van der Waals surface area contributed by atoms with Gasteiger partial charge in [-0.2, -0.15) is 0 Å². The number of benzene rings is 3. The molecule has 7 heteroatoms. The van der Waals surface area contributed by atoms with E-state index in [4.69, 9.17) is 4.74 Å². The molecule has 0 amide bonds. The molecule has 0 saturated heterocycles. The van der Waals surface area contributed by atoms with Gasteiger partial charge in [0.2, 0.25) is 10.4 Å². The van der Waals surface area contributed by atoms with Gasteiger partial charge in [-0.3, -0.25) is 4.18 Å². The smallest absolute Gasteiger partial charge is 0.217 e. The lowest BCUT2D eigenvalue weighted by Gasteiger charge is -2.06. The summed E-state index contributed by atoms with van der Waals surface area (Å²) in [5.41, 5.74) is 2.05. The Morgan fingerprint density at radius 2 is 1.34 bits per heavy atom. The zero-order chi connectivity index (χ0) is 21.1. The number of hydrogen-bond donors (Lipinski definition) is 0. The van der Waals surface area contributed by atoms with Gasteiger partial charge in [-0.05, 0) is 29.8 Å². The molecule has 3 aromatic carbocycles. The molecule has 0 fully saturated rings. The minimum absolute atomic E-state index is 0.202. The molecule has 0 aromatic heterocycles.